The summed E-state index contributed by atoms with van der Waals surface area (Å²) < 4.78 is 20.9. The highest BCUT2D eigenvalue weighted by atomic mass is 35.5. The fourth-order valence-corrected chi connectivity index (χ4v) is 3.18. The van der Waals surface area contributed by atoms with Gasteiger partial charge in [-0.2, -0.15) is 10.4 Å². The molecule has 2 N–H and O–H groups in total. The first-order valence-corrected chi connectivity index (χ1v) is 7.97. The quantitative estimate of drug-likeness (QED) is 0.757. The molecule has 1 aromatic carbocycles. The molecule has 0 radical (unpaired) electrons. The van der Waals surface area contributed by atoms with Crippen molar-refractivity contribution in [3.63, 3.8) is 0 Å². The highest BCUT2D eigenvalue weighted by Gasteiger charge is 2.21. The van der Waals surface area contributed by atoms with Gasteiger partial charge in [0.05, 0.1) is 24.0 Å². The van der Waals surface area contributed by atoms with Crippen molar-refractivity contribution < 1.29 is 9.13 Å². The van der Waals surface area contributed by atoms with Gasteiger partial charge in [0, 0.05) is 24.4 Å². The number of ether oxygens (including phenoxy) is 1. The van der Waals surface area contributed by atoms with E-state index < -0.39 is 5.82 Å². The highest BCUT2D eigenvalue weighted by molar-refractivity contribution is 6.32. The van der Waals surface area contributed by atoms with E-state index >= 15 is 0 Å². The van der Waals surface area contributed by atoms with E-state index in [4.69, 9.17) is 22.1 Å². The van der Waals surface area contributed by atoms with Gasteiger partial charge in [-0.25, -0.2) is 9.37 Å². The zero-order chi connectivity index (χ0) is 19.0. The normalized spacial score (nSPS) is 10.6. The van der Waals surface area contributed by atoms with Crippen LogP contribution in [0.2, 0.25) is 5.02 Å². The Bertz CT molecular complexity index is 1030. The van der Waals surface area contributed by atoms with E-state index in [9.17, 15) is 9.65 Å². The molecule has 0 unspecified atom stereocenters. The average Bonchev–Trinajstić information content (AvgIpc) is 3.02. The maximum atomic E-state index is 14.3. The van der Waals surface area contributed by atoms with Crippen molar-refractivity contribution in [2.45, 2.75) is 6.92 Å². The molecule has 3 aromatic rings. The predicted octanol–water partition coefficient (Wildman–Crippen LogP) is 3.71. The van der Waals surface area contributed by atoms with Crippen LogP contribution >= 0.6 is 11.6 Å². The van der Waals surface area contributed by atoms with Crippen LogP contribution < -0.4 is 10.5 Å². The minimum atomic E-state index is -0.628. The molecule has 0 saturated heterocycles. The summed E-state index contributed by atoms with van der Waals surface area (Å²) in [6.07, 6.45) is 3.43. The van der Waals surface area contributed by atoms with Crippen LogP contribution in [0.15, 0.2) is 24.5 Å². The van der Waals surface area contributed by atoms with Crippen LogP contribution in [0, 0.1) is 24.1 Å². The molecule has 2 aromatic heterocycles. The lowest BCUT2D eigenvalue weighted by Crippen LogP contribution is -2.03. The van der Waals surface area contributed by atoms with Crippen LogP contribution in [0.4, 0.5) is 10.2 Å². The number of pyridine rings is 1. The van der Waals surface area contributed by atoms with E-state index in [0.29, 0.717) is 22.4 Å². The third-order valence-corrected chi connectivity index (χ3v) is 4.33. The minimum Gasteiger partial charge on any atom is -0.492 e. The standard InChI is InChI=1S/C18H15ClFN5O/c1-9-15(10-4-13(19)17(26-3)14(20)5-10)12(6-21)18(22)24-16(9)11-7-23-25(2)8-11/h4-5,7-8H,1-3H3,(H2,22,24). The predicted molar refractivity (Wildman–Crippen MR) is 97.3 cm³/mol. The first kappa shape index (κ1) is 17.7. The second-order valence-corrected chi connectivity index (χ2v) is 6.12. The molecule has 0 bridgehead atoms. The fourth-order valence-electron chi connectivity index (χ4n) is 2.89. The van der Waals surface area contributed by atoms with Crippen LogP contribution in [0.3, 0.4) is 0 Å². The second-order valence-electron chi connectivity index (χ2n) is 5.71. The SMILES string of the molecule is COc1c(F)cc(-c2c(C)c(-c3cnn(C)c3)nc(N)c2C#N)cc1Cl. The van der Waals surface area contributed by atoms with Crippen LogP contribution in [0.25, 0.3) is 22.4 Å². The number of benzene rings is 1. The molecule has 26 heavy (non-hydrogen) atoms. The van der Waals surface area contributed by atoms with Gasteiger partial charge in [0.2, 0.25) is 0 Å². The van der Waals surface area contributed by atoms with Crippen LogP contribution in [-0.4, -0.2) is 21.9 Å². The molecule has 0 amide bonds. The van der Waals surface area contributed by atoms with Crippen LogP contribution in [-0.2, 0) is 7.05 Å². The van der Waals surface area contributed by atoms with Crippen molar-refractivity contribution in [1.82, 2.24) is 14.8 Å². The van der Waals surface area contributed by atoms with E-state index in [1.54, 1.807) is 37.1 Å². The van der Waals surface area contributed by atoms with Crippen LogP contribution in [0.5, 0.6) is 5.75 Å². The average molecular weight is 372 g/mol. The van der Waals surface area contributed by atoms with E-state index in [2.05, 4.69) is 10.1 Å². The van der Waals surface area contributed by atoms with E-state index in [-0.39, 0.29) is 22.2 Å². The number of anilines is 1. The Labute approximate surface area is 154 Å². The second kappa shape index (κ2) is 6.65. The Morgan fingerprint density at radius 2 is 2.08 bits per heavy atom. The van der Waals surface area contributed by atoms with Crippen molar-refractivity contribution in [3.8, 4) is 34.2 Å². The van der Waals surface area contributed by atoms with Gasteiger partial charge in [0.15, 0.2) is 11.6 Å². The fraction of sp³-hybridized carbons (Fsp3) is 0.167. The lowest BCUT2D eigenvalue weighted by Gasteiger charge is -2.15. The lowest BCUT2D eigenvalue weighted by molar-refractivity contribution is 0.387. The lowest BCUT2D eigenvalue weighted by atomic mass is 9.93. The number of halogens is 2. The van der Waals surface area contributed by atoms with Crippen molar-refractivity contribution in [3.05, 3.63) is 46.5 Å². The number of nitriles is 1. The highest BCUT2D eigenvalue weighted by Crippen LogP contribution is 2.39. The molecule has 0 atom stereocenters. The number of methoxy groups -OCH3 is 1. The van der Waals surface area contributed by atoms with Gasteiger partial charge in [0.25, 0.3) is 0 Å². The number of nitrogens with two attached hydrogens (primary N) is 1. The Hall–Kier alpha value is -3.11. The number of nitrogen functional groups attached to an aromatic ring is 1. The van der Waals surface area contributed by atoms with Crippen molar-refractivity contribution in [1.29, 1.82) is 5.26 Å². The van der Waals surface area contributed by atoms with Gasteiger partial charge in [-0.1, -0.05) is 11.6 Å². The summed E-state index contributed by atoms with van der Waals surface area (Å²) in [5, 5.41) is 13.8. The molecule has 0 aliphatic carbocycles. The first-order chi connectivity index (χ1) is 12.4. The summed E-state index contributed by atoms with van der Waals surface area (Å²) in [7, 11) is 3.12. The van der Waals surface area contributed by atoms with Crippen molar-refractivity contribution >= 4 is 17.4 Å². The smallest absolute Gasteiger partial charge is 0.173 e. The zero-order valence-corrected chi connectivity index (χ0v) is 15.1. The molecule has 8 heteroatoms. The summed E-state index contributed by atoms with van der Waals surface area (Å²) in [6, 6.07) is 4.85. The minimum absolute atomic E-state index is 0.0545. The summed E-state index contributed by atoms with van der Waals surface area (Å²) in [4.78, 5) is 4.34. The topological polar surface area (TPSA) is 89.8 Å². The third-order valence-electron chi connectivity index (χ3n) is 4.05. The van der Waals surface area contributed by atoms with Gasteiger partial charge in [-0.3, -0.25) is 4.68 Å². The molecule has 0 aliphatic heterocycles. The molecule has 0 aliphatic rings. The van der Waals surface area contributed by atoms with Gasteiger partial charge in [0.1, 0.15) is 17.5 Å². The number of aromatic nitrogens is 3. The largest absolute Gasteiger partial charge is 0.492 e. The summed E-state index contributed by atoms with van der Waals surface area (Å²) >= 11 is 6.12. The number of hydrogen-bond acceptors (Lipinski definition) is 5. The zero-order valence-electron chi connectivity index (χ0n) is 14.3. The van der Waals surface area contributed by atoms with Gasteiger partial charge in [-0.15, -0.1) is 0 Å². The molecule has 132 valence electrons. The monoisotopic (exact) mass is 371 g/mol. The Kier molecular flexibility index (Phi) is 4.53. The molecule has 0 fully saturated rings. The molecule has 0 spiro atoms. The summed E-state index contributed by atoms with van der Waals surface area (Å²) in [5.41, 5.74) is 9.03. The molecule has 6 nitrogen and oxygen atoms in total. The van der Waals surface area contributed by atoms with Crippen LogP contribution in [0.1, 0.15) is 11.1 Å². The Morgan fingerprint density at radius 1 is 1.35 bits per heavy atom. The number of nitrogens with zero attached hydrogens (tertiary/aromatic N) is 4. The third kappa shape index (κ3) is 2.85. The number of rotatable bonds is 3. The Morgan fingerprint density at radius 3 is 2.62 bits per heavy atom. The van der Waals surface area contributed by atoms with Crippen molar-refractivity contribution in [2.24, 2.45) is 7.05 Å². The molecule has 2 heterocycles. The van der Waals surface area contributed by atoms with E-state index in [0.717, 1.165) is 5.56 Å². The molecule has 3 rings (SSSR count). The molecular formula is C18H15ClFN5O. The van der Waals surface area contributed by atoms with E-state index in [1.807, 2.05) is 6.07 Å². The van der Waals surface area contributed by atoms with Crippen molar-refractivity contribution in [2.75, 3.05) is 12.8 Å². The molecular weight excluding hydrogens is 357 g/mol. The molecule has 0 saturated carbocycles. The maximum Gasteiger partial charge on any atom is 0.173 e. The summed E-state index contributed by atoms with van der Waals surface area (Å²) in [5.74, 6) is -0.628. The maximum absolute atomic E-state index is 14.3. The number of hydrogen-bond donors (Lipinski definition) is 1. The van der Waals surface area contributed by atoms with Gasteiger partial charge in [-0.05, 0) is 30.2 Å². The number of aryl methyl sites for hydroxylation is 1. The summed E-state index contributed by atoms with van der Waals surface area (Å²) in [6.45, 7) is 1.79. The Balaban J connectivity index is 2.34. The van der Waals surface area contributed by atoms with Gasteiger partial charge >= 0.3 is 0 Å². The van der Waals surface area contributed by atoms with Gasteiger partial charge < -0.3 is 10.5 Å². The van der Waals surface area contributed by atoms with E-state index in [1.165, 1.54) is 13.2 Å². The first-order valence-electron chi connectivity index (χ1n) is 7.60.